The van der Waals surface area contributed by atoms with E-state index in [0.717, 1.165) is 12.8 Å². The molecule has 0 unspecified atom stereocenters. The Morgan fingerprint density at radius 2 is 2.00 bits per heavy atom. The lowest BCUT2D eigenvalue weighted by molar-refractivity contribution is 0.0483. The summed E-state index contributed by atoms with van der Waals surface area (Å²) >= 11 is 2.12. The van der Waals surface area contributed by atoms with Crippen LogP contribution in [0.4, 0.5) is 0 Å². The maximum atomic E-state index is 11.1. The molecule has 0 amide bonds. The molecule has 0 aromatic carbocycles. The highest BCUT2D eigenvalue weighted by Crippen LogP contribution is 2.23. The molecule has 1 heterocycles. The van der Waals surface area contributed by atoms with Crippen molar-refractivity contribution in [2.45, 2.75) is 38.4 Å². The number of hydrogen-bond donors (Lipinski definition) is 0. The van der Waals surface area contributed by atoms with Gasteiger partial charge in [0.1, 0.15) is 0 Å². The van der Waals surface area contributed by atoms with Crippen molar-refractivity contribution in [3.05, 3.63) is 0 Å². The van der Waals surface area contributed by atoms with E-state index in [9.17, 15) is 8.42 Å². The minimum absolute atomic E-state index is 0.191. The van der Waals surface area contributed by atoms with Crippen LogP contribution in [0.25, 0.3) is 0 Å². The van der Waals surface area contributed by atoms with Gasteiger partial charge in [-0.05, 0) is 6.42 Å². The number of alkyl halides is 1. The average Bonchev–Trinajstić information content (AvgIpc) is 2.02. The first kappa shape index (κ1) is 11.7. The third-order valence-electron chi connectivity index (χ3n) is 1.82. The summed E-state index contributed by atoms with van der Waals surface area (Å²) < 4.78 is 32.3. The zero-order chi connectivity index (χ0) is 9.90. The molecule has 1 aliphatic rings. The Balaban J connectivity index is 2.60. The van der Waals surface area contributed by atoms with Crippen LogP contribution in [0.2, 0.25) is 0 Å². The highest BCUT2D eigenvalue weighted by Gasteiger charge is 2.32. The van der Waals surface area contributed by atoms with Gasteiger partial charge in [-0.1, -0.05) is 35.9 Å². The third kappa shape index (κ3) is 3.69. The molecular formula is C7H13IO4S. The molecule has 4 nitrogen and oxygen atoms in total. The zero-order valence-electron chi connectivity index (χ0n) is 7.40. The molecule has 1 saturated heterocycles. The molecule has 78 valence electrons. The molecular weight excluding hydrogens is 307 g/mol. The van der Waals surface area contributed by atoms with Gasteiger partial charge in [0.05, 0.1) is 12.2 Å². The van der Waals surface area contributed by atoms with Crippen LogP contribution in [-0.4, -0.2) is 25.1 Å². The minimum atomic E-state index is -3.72. The molecule has 0 aliphatic carbocycles. The Bertz CT molecular complexity index is 251. The third-order valence-corrected chi connectivity index (χ3v) is 3.81. The summed E-state index contributed by atoms with van der Waals surface area (Å²) in [4.78, 5) is 0. The largest absolute Gasteiger partial charge is 0.400 e. The second kappa shape index (κ2) is 4.90. The quantitative estimate of drug-likeness (QED) is 0.586. The summed E-state index contributed by atoms with van der Waals surface area (Å²) in [6.07, 6.45) is 1.97. The van der Waals surface area contributed by atoms with Crippen LogP contribution in [0.1, 0.15) is 26.2 Å². The van der Waals surface area contributed by atoms with Gasteiger partial charge in [-0.3, -0.25) is 0 Å². The highest BCUT2D eigenvalue weighted by atomic mass is 127. The smallest absolute Gasteiger partial charge is 0.245 e. The molecule has 0 spiro atoms. The van der Waals surface area contributed by atoms with E-state index in [4.69, 9.17) is 8.37 Å². The van der Waals surface area contributed by atoms with Crippen LogP contribution < -0.4 is 0 Å². The van der Waals surface area contributed by atoms with Gasteiger partial charge in [-0.25, -0.2) is 8.37 Å². The maximum absolute atomic E-state index is 11.1. The molecule has 0 aromatic heterocycles. The lowest BCUT2D eigenvalue weighted by Crippen LogP contribution is -2.35. The van der Waals surface area contributed by atoms with E-state index < -0.39 is 10.4 Å². The minimum Gasteiger partial charge on any atom is -0.245 e. The summed E-state index contributed by atoms with van der Waals surface area (Å²) in [5.41, 5.74) is 0. The fourth-order valence-corrected chi connectivity index (χ4v) is 3.12. The monoisotopic (exact) mass is 320 g/mol. The van der Waals surface area contributed by atoms with Crippen molar-refractivity contribution in [3.63, 3.8) is 0 Å². The second-order valence-electron chi connectivity index (χ2n) is 3.02. The molecule has 1 rings (SSSR count). The predicted molar refractivity (Wildman–Crippen MR) is 57.1 cm³/mol. The van der Waals surface area contributed by atoms with Crippen molar-refractivity contribution in [2.24, 2.45) is 0 Å². The predicted octanol–water partition coefficient (Wildman–Crippen LogP) is 1.64. The van der Waals surface area contributed by atoms with Gasteiger partial charge >= 0.3 is 10.4 Å². The van der Waals surface area contributed by atoms with Crippen molar-refractivity contribution in [3.8, 4) is 0 Å². The summed E-state index contributed by atoms with van der Waals surface area (Å²) in [5, 5.41) is 0. The molecule has 0 aromatic rings. The Labute approximate surface area is 92.5 Å². The Kier molecular flexibility index (Phi) is 4.40. The topological polar surface area (TPSA) is 52.6 Å². The van der Waals surface area contributed by atoms with Gasteiger partial charge in [0.2, 0.25) is 0 Å². The average molecular weight is 320 g/mol. The number of hydrogen-bond acceptors (Lipinski definition) is 4. The van der Waals surface area contributed by atoms with Crippen molar-refractivity contribution in [2.75, 3.05) is 4.43 Å². The maximum Gasteiger partial charge on any atom is 0.400 e. The van der Waals surface area contributed by atoms with E-state index in [1.165, 1.54) is 0 Å². The van der Waals surface area contributed by atoms with Crippen LogP contribution in [-0.2, 0) is 18.8 Å². The van der Waals surface area contributed by atoms with Crippen molar-refractivity contribution < 1.29 is 16.8 Å². The van der Waals surface area contributed by atoms with Gasteiger partial charge < -0.3 is 0 Å². The fourth-order valence-electron chi connectivity index (χ4n) is 1.30. The molecule has 0 radical (unpaired) electrons. The summed E-state index contributed by atoms with van der Waals surface area (Å²) in [6.45, 7) is 2.00. The number of rotatable bonds is 3. The number of halogens is 1. The van der Waals surface area contributed by atoms with Crippen molar-refractivity contribution >= 4 is 33.0 Å². The van der Waals surface area contributed by atoms with E-state index in [2.05, 4.69) is 22.6 Å². The molecule has 6 heteroatoms. The highest BCUT2D eigenvalue weighted by molar-refractivity contribution is 14.1. The van der Waals surface area contributed by atoms with Gasteiger partial charge in [0, 0.05) is 10.8 Å². The summed E-state index contributed by atoms with van der Waals surface area (Å²) in [7, 11) is -3.72. The molecule has 1 fully saturated rings. The van der Waals surface area contributed by atoms with Crippen LogP contribution in [0, 0.1) is 0 Å². The van der Waals surface area contributed by atoms with Gasteiger partial charge in [0.25, 0.3) is 0 Å². The lowest BCUT2D eigenvalue weighted by Gasteiger charge is -2.27. The summed E-state index contributed by atoms with van der Waals surface area (Å²) in [5.74, 6) is 0. The molecule has 2 atom stereocenters. The molecule has 0 N–H and O–H groups in total. The van der Waals surface area contributed by atoms with Gasteiger partial charge in [-0.15, -0.1) is 0 Å². The lowest BCUT2D eigenvalue weighted by atomic mass is 10.1. The van der Waals surface area contributed by atoms with Crippen LogP contribution >= 0.6 is 22.6 Å². The van der Waals surface area contributed by atoms with Gasteiger partial charge in [0.15, 0.2) is 0 Å². The fraction of sp³-hybridized carbons (Fsp3) is 1.00. The zero-order valence-corrected chi connectivity index (χ0v) is 10.4. The van der Waals surface area contributed by atoms with Crippen molar-refractivity contribution in [1.82, 2.24) is 0 Å². The Morgan fingerprint density at radius 1 is 1.38 bits per heavy atom. The van der Waals surface area contributed by atoms with Crippen molar-refractivity contribution in [1.29, 1.82) is 0 Å². The molecule has 1 aliphatic heterocycles. The molecule has 13 heavy (non-hydrogen) atoms. The van der Waals surface area contributed by atoms with E-state index in [-0.39, 0.29) is 12.2 Å². The molecule has 0 saturated carbocycles. The first-order valence-corrected chi connectivity index (χ1v) is 7.10. The van der Waals surface area contributed by atoms with Crippen LogP contribution in [0.5, 0.6) is 0 Å². The first-order chi connectivity index (χ1) is 6.07. The molecule has 0 bridgehead atoms. The van der Waals surface area contributed by atoms with E-state index in [0.29, 0.717) is 10.8 Å². The standard InChI is InChI=1S/C7H13IO4S/c1-2-3-6-4-7(5-8)12-13(9,10)11-6/h6-7H,2-5H2,1H3/t6-,7-/m0/s1. The van der Waals surface area contributed by atoms with E-state index >= 15 is 0 Å². The summed E-state index contributed by atoms with van der Waals surface area (Å²) in [6, 6.07) is 0. The van der Waals surface area contributed by atoms with E-state index in [1.807, 2.05) is 6.92 Å². The van der Waals surface area contributed by atoms with E-state index in [1.54, 1.807) is 0 Å². The van der Waals surface area contributed by atoms with Crippen LogP contribution in [0.3, 0.4) is 0 Å². The SMILES string of the molecule is CCC[C@H]1C[C@@H](CI)OS(=O)(=O)O1. The Hall–Kier alpha value is 0.600. The first-order valence-electron chi connectivity index (χ1n) is 4.25. The Morgan fingerprint density at radius 3 is 2.54 bits per heavy atom. The normalized spacial score (nSPS) is 33.1. The van der Waals surface area contributed by atoms with Gasteiger partial charge in [-0.2, -0.15) is 8.42 Å². The van der Waals surface area contributed by atoms with Crippen LogP contribution in [0.15, 0.2) is 0 Å². The second-order valence-corrected chi connectivity index (χ2v) is 5.11.